The van der Waals surface area contributed by atoms with Crippen molar-refractivity contribution in [3.8, 4) is 22.8 Å². The molecule has 4 aromatic carbocycles. The number of carboxylic acid groups (broad SMARTS) is 1. The Hall–Kier alpha value is -4.75. The lowest BCUT2D eigenvalue weighted by atomic mass is 10.1. The maximum atomic E-state index is 12.7. The predicted octanol–water partition coefficient (Wildman–Crippen LogP) is 7.52. The number of aromatic nitrogens is 1. The molecule has 1 amide bonds. The number of thiazole rings is 1. The van der Waals surface area contributed by atoms with Crippen LogP contribution in [-0.4, -0.2) is 35.3 Å². The molecule has 0 saturated carbocycles. The predicted molar refractivity (Wildman–Crippen MR) is 181 cm³/mol. The van der Waals surface area contributed by atoms with Crippen LogP contribution < -0.4 is 20.2 Å². The first-order chi connectivity index (χ1) is 21.3. The minimum Gasteiger partial charge on any atom is -0.493 e. The monoisotopic (exact) mass is 718 g/mol. The Morgan fingerprint density at radius 2 is 1.70 bits per heavy atom. The fourth-order valence-electron chi connectivity index (χ4n) is 4.10. The van der Waals surface area contributed by atoms with E-state index in [1.165, 1.54) is 35.2 Å². The summed E-state index contributed by atoms with van der Waals surface area (Å²) in [7, 11) is 1.54. The van der Waals surface area contributed by atoms with E-state index < -0.39 is 5.97 Å². The molecule has 0 spiro atoms. The van der Waals surface area contributed by atoms with Gasteiger partial charge in [-0.25, -0.2) is 15.2 Å². The number of aryl methyl sites for hydroxylation is 1. The maximum Gasteiger partial charge on any atom is 0.335 e. The molecule has 0 aliphatic carbocycles. The number of hydrazone groups is 1. The van der Waals surface area contributed by atoms with E-state index in [1.807, 2.05) is 54.8 Å². The highest BCUT2D eigenvalue weighted by atomic mass is 127. The van der Waals surface area contributed by atoms with Crippen LogP contribution in [0.4, 0.5) is 10.8 Å². The fourth-order valence-corrected chi connectivity index (χ4v) is 5.62. The molecule has 44 heavy (non-hydrogen) atoms. The molecule has 0 unspecified atom stereocenters. The molecule has 0 radical (unpaired) electrons. The molecule has 1 aromatic heterocycles. The van der Waals surface area contributed by atoms with Crippen molar-refractivity contribution in [2.75, 3.05) is 12.4 Å². The van der Waals surface area contributed by atoms with E-state index in [4.69, 9.17) is 14.6 Å². The van der Waals surface area contributed by atoms with Crippen molar-refractivity contribution in [2.24, 2.45) is 5.10 Å². The third kappa shape index (κ3) is 7.79. The lowest BCUT2D eigenvalue weighted by Gasteiger charge is -2.13. The second-order valence-electron chi connectivity index (χ2n) is 9.63. The number of rotatable bonds is 11. The maximum absolute atomic E-state index is 12.7. The van der Waals surface area contributed by atoms with Gasteiger partial charge in [0, 0.05) is 22.2 Å². The number of hydrogen-bond acceptors (Lipinski definition) is 8. The van der Waals surface area contributed by atoms with E-state index in [2.05, 4.69) is 43.4 Å². The zero-order valence-corrected chi connectivity index (χ0v) is 26.7. The van der Waals surface area contributed by atoms with Gasteiger partial charge in [-0.1, -0.05) is 42.0 Å². The van der Waals surface area contributed by atoms with Crippen molar-refractivity contribution in [3.63, 3.8) is 0 Å². The van der Waals surface area contributed by atoms with Crippen LogP contribution >= 0.6 is 33.9 Å². The summed E-state index contributed by atoms with van der Waals surface area (Å²) in [4.78, 5) is 28.4. The number of halogens is 1. The molecule has 0 saturated heterocycles. The first-order valence-electron chi connectivity index (χ1n) is 13.3. The standard InChI is InChI=1S/C33H27IN4O5S/c1-20-3-13-26(14-4-20)36-33-37-28(19-44-33)23-9-11-24(12-10-23)31(39)38-35-17-22-15-27(34)30(29(16-22)42-2)43-18-21-5-7-25(8-6-21)32(40)41/h3-17,19H,18H2,1-2H3,(H,36,37)(H,38,39)(H,40,41)/b35-17-. The van der Waals surface area contributed by atoms with Crippen LogP contribution in [-0.2, 0) is 6.61 Å². The summed E-state index contributed by atoms with van der Waals surface area (Å²) >= 11 is 3.66. The minimum atomic E-state index is -0.979. The van der Waals surface area contributed by atoms with Crippen LogP contribution in [0.1, 0.15) is 37.4 Å². The number of hydrogen-bond donors (Lipinski definition) is 3. The first kappa shape index (κ1) is 30.7. The van der Waals surface area contributed by atoms with E-state index in [1.54, 1.807) is 37.4 Å². The SMILES string of the molecule is COc1cc(/C=N\NC(=O)c2ccc(-c3csc(Nc4ccc(C)cc4)n3)cc2)cc(I)c1OCc1ccc(C(=O)O)cc1. The number of aromatic carboxylic acids is 1. The topological polar surface area (TPSA) is 122 Å². The number of carboxylic acids is 1. The Balaban J connectivity index is 1.17. The van der Waals surface area contributed by atoms with Gasteiger partial charge >= 0.3 is 5.97 Å². The number of anilines is 2. The van der Waals surface area contributed by atoms with E-state index in [9.17, 15) is 9.59 Å². The first-order valence-corrected chi connectivity index (χ1v) is 15.3. The average Bonchev–Trinajstić information content (AvgIpc) is 3.50. The summed E-state index contributed by atoms with van der Waals surface area (Å²) in [5.74, 6) is -0.270. The number of nitrogens with one attached hydrogen (secondary N) is 2. The summed E-state index contributed by atoms with van der Waals surface area (Å²) < 4.78 is 12.3. The van der Waals surface area contributed by atoms with E-state index >= 15 is 0 Å². The van der Waals surface area contributed by atoms with Gasteiger partial charge in [0.1, 0.15) is 6.61 Å². The number of methoxy groups -OCH3 is 1. The number of carbonyl (C=O) groups is 2. The molecule has 0 aliphatic heterocycles. The zero-order valence-electron chi connectivity index (χ0n) is 23.7. The number of ether oxygens (including phenoxy) is 2. The highest BCUT2D eigenvalue weighted by molar-refractivity contribution is 14.1. The van der Waals surface area contributed by atoms with Crippen LogP contribution in [0, 0.1) is 10.5 Å². The van der Waals surface area contributed by atoms with Gasteiger partial charge in [-0.15, -0.1) is 11.3 Å². The molecule has 3 N–H and O–H groups in total. The molecule has 0 atom stereocenters. The van der Waals surface area contributed by atoms with Crippen LogP contribution in [0.3, 0.4) is 0 Å². The summed E-state index contributed by atoms with van der Waals surface area (Å²) in [6, 6.07) is 25.4. The van der Waals surface area contributed by atoms with E-state index in [0.717, 1.165) is 31.2 Å². The minimum absolute atomic E-state index is 0.213. The molecule has 0 fully saturated rings. The van der Waals surface area contributed by atoms with Crippen LogP contribution in [0.15, 0.2) is 95.4 Å². The van der Waals surface area contributed by atoms with Gasteiger partial charge in [0.2, 0.25) is 0 Å². The second kappa shape index (κ2) is 14.1. The van der Waals surface area contributed by atoms with Gasteiger partial charge in [0.05, 0.1) is 28.2 Å². The molecular weight excluding hydrogens is 691 g/mol. The van der Waals surface area contributed by atoms with Gasteiger partial charge < -0.3 is 19.9 Å². The largest absolute Gasteiger partial charge is 0.493 e. The second-order valence-corrected chi connectivity index (χ2v) is 11.7. The van der Waals surface area contributed by atoms with Gasteiger partial charge in [-0.3, -0.25) is 4.79 Å². The van der Waals surface area contributed by atoms with Gasteiger partial charge in [-0.05, 0) is 89.2 Å². The summed E-state index contributed by atoms with van der Waals surface area (Å²) in [5, 5.41) is 19.3. The molecule has 5 rings (SSSR count). The Morgan fingerprint density at radius 3 is 2.39 bits per heavy atom. The van der Waals surface area contributed by atoms with Crippen molar-refractivity contribution >= 4 is 62.8 Å². The Morgan fingerprint density at radius 1 is 1.00 bits per heavy atom. The number of carbonyl (C=O) groups excluding carboxylic acids is 1. The summed E-state index contributed by atoms with van der Waals surface area (Å²) in [5.41, 5.74) is 8.66. The van der Waals surface area contributed by atoms with Crippen molar-refractivity contribution in [1.29, 1.82) is 0 Å². The fraction of sp³-hybridized carbons (Fsp3) is 0.0909. The quantitative estimate of drug-likeness (QED) is 0.0734. The molecular formula is C33H27IN4O5S. The smallest absolute Gasteiger partial charge is 0.335 e. The third-order valence-corrected chi connectivity index (χ3v) is 8.02. The number of benzene rings is 4. The average molecular weight is 719 g/mol. The van der Waals surface area contributed by atoms with Gasteiger partial charge in [-0.2, -0.15) is 5.10 Å². The van der Waals surface area contributed by atoms with Crippen LogP contribution in [0.25, 0.3) is 11.3 Å². The zero-order chi connectivity index (χ0) is 31.1. The van der Waals surface area contributed by atoms with Crippen molar-refractivity contribution in [2.45, 2.75) is 13.5 Å². The molecule has 0 bridgehead atoms. The molecule has 11 heteroatoms. The number of nitrogens with zero attached hydrogens (tertiary/aromatic N) is 2. The molecule has 1 heterocycles. The lowest BCUT2D eigenvalue weighted by molar-refractivity contribution is 0.0696. The molecule has 0 aliphatic rings. The van der Waals surface area contributed by atoms with Gasteiger partial charge in [0.15, 0.2) is 16.6 Å². The molecule has 5 aromatic rings. The number of amides is 1. The van der Waals surface area contributed by atoms with E-state index in [0.29, 0.717) is 22.6 Å². The lowest BCUT2D eigenvalue weighted by Crippen LogP contribution is -2.17. The van der Waals surface area contributed by atoms with Crippen LogP contribution in [0.5, 0.6) is 11.5 Å². The normalized spacial score (nSPS) is 10.9. The summed E-state index contributed by atoms with van der Waals surface area (Å²) in [6.07, 6.45) is 1.53. The molecule has 9 nitrogen and oxygen atoms in total. The van der Waals surface area contributed by atoms with Crippen molar-refractivity contribution < 1.29 is 24.2 Å². The van der Waals surface area contributed by atoms with Crippen LogP contribution in [0.2, 0.25) is 0 Å². The highest BCUT2D eigenvalue weighted by Crippen LogP contribution is 2.34. The Labute approximate surface area is 271 Å². The Bertz CT molecular complexity index is 1800. The van der Waals surface area contributed by atoms with Crippen molar-refractivity contribution in [1.82, 2.24) is 10.4 Å². The van der Waals surface area contributed by atoms with Gasteiger partial charge in [0.25, 0.3) is 5.91 Å². The Kier molecular flexibility index (Phi) is 9.87. The van der Waals surface area contributed by atoms with E-state index in [-0.39, 0.29) is 18.1 Å². The van der Waals surface area contributed by atoms with Crippen molar-refractivity contribution in [3.05, 3.63) is 122 Å². The summed E-state index contributed by atoms with van der Waals surface area (Å²) in [6.45, 7) is 2.29. The third-order valence-electron chi connectivity index (χ3n) is 6.47. The highest BCUT2D eigenvalue weighted by Gasteiger charge is 2.13. The molecule has 222 valence electrons.